The van der Waals surface area contributed by atoms with Gasteiger partial charge < -0.3 is 0 Å². The first-order chi connectivity index (χ1) is 12.2. The molecule has 0 atom stereocenters. The second kappa shape index (κ2) is 8.22. The molecule has 3 rings (SSSR count). The maximum atomic E-state index is 12.1. The van der Waals surface area contributed by atoms with Crippen molar-refractivity contribution in [1.82, 2.24) is 4.98 Å². The van der Waals surface area contributed by atoms with E-state index in [0.29, 0.717) is 10.6 Å². The second-order valence-electron chi connectivity index (χ2n) is 5.49. The molecule has 0 saturated carbocycles. The summed E-state index contributed by atoms with van der Waals surface area (Å²) in [6.07, 6.45) is 11.0. The summed E-state index contributed by atoms with van der Waals surface area (Å²) >= 11 is 5.91. The molecule has 0 aliphatic carbocycles. The standard InChI is InChI=1S/C22H16ClNO/c23-21-5-1-4-20(15-21)22(25)13-12-18-8-6-17(7-9-18)10-11-19-3-2-14-24-16-19/h1-16H/b11-10+,13-12+. The van der Waals surface area contributed by atoms with Crippen LogP contribution in [-0.4, -0.2) is 10.8 Å². The van der Waals surface area contributed by atoms with Crippen molar-refractivity contribution >= 4 is 35.6 Å². The predicted octanol–water partition coefficient (Wildman–Crippen LogP) is 5.80. The molecule has 0 spiro atoms. The summed E-state index contributed by atoms with van der Waals surface area (Å²) in [5, 5.41) is 0.559. The van der Waals surface area contributed by atoms with E-state index in [1.54, 1.807) is 42.6 Å². The average molecular weight is 346 g/mol. The third-order valence-electron chi connectivity index (χ3n) is 3.63. The fraction of sp³-hybridized carbons (Fsp3) is 0. The highest BCUT2D eigenvalue weighted by Crippen LogP contribution is 2.13. The Morgan fingerprint density at radius 3 is 2.24 bits per heavy atom. The zero-order chi connectivity index (χ0) is 17.5. The van der Waals surface area contributed by atoms with Gasteiger partial charge in [0.1, 0.15) is 0 Å². The number of halogens is 1. The summed E-state index contributed by atoms with van der Waals surface area (Å²) < 4.78 is 0. The molecule has 0 fully saturated rings. The lowest BCUT2D eigenvalue weighted by molar-refractivity contribution is 0.104. The van der Waals surface area contributed by atoms with Gasteiger partial charge in [0.25, 0.3) is 0 Å². The largest absolute Gasteiger partial charge is 0.289 e. The molecule has 2 aromatic carbocycles. The fourth-order valence-corrected chi connectivity index (χ4v) is 2.49. The Balaban J connectivity index is 1.66. The number of hydrogen-bond acceptors (Lipinski definition) is 2. The summed E-state index contributed by atoms with van der Waals surface area (Å²) in [7, 11) is 0. The number of hydrogen-bond donors (Lipinski definition) is 0. The van der Waals surface area contributed by atoms with Crippen LogP contribution >= 0.6 is 11.6 Å². The molecule has 0 aliphatic heterocycles. The number of carbonyl (C=O) groups excluding carboxylic acids is 1. The molecular formula is C22H16ClNO. The minimum Gasteiger partial charge on any atom is -0.289 e. The molecule has 2 nitrogen and oxygen atoms in total. The van der Waals surface area contributed by atoms with Gasteiger partial charge in [0, 0.05) is 23.0 Å². The normalized spacial score (nSPS) is 11.2. The van der Waals surface area contributed by atoms with Gasteiger partial charge in [-0.1, -0.05) is 72.3 Å². The topological polar surface area (TPSA) is 30.0 Å². The van der Waals surface area contributed by atoms with Crippen LogP contribution in [0.2, 0.25) is 5.02 Å². The third kappa shape index (κ3) is 5.00. The number of carbonyl (C=O) groups is 1. The molecule has 25 heavy (non-hydrogen) atoms. The van der Waals surface area contributed by atoms with Crippen molar-refractivity contribution in [2.45, 2.75) is 0 Å². The summed E-state index contributed by atoms with van der Waals surface area (Å²) in [5.74, 6) is -0.0666. The zero-order valence-electron chi connectivity index (χ0n) is 13.5. The summed E-state index contributed by atoms with van der Waals surface area (Å²) in [5.41, 5.74) is 3.69. The minimum absolute atomic E-state index is 0.0666. The molecule has 0 saturated heterocycles. The van der Waals surface area contributed by atoms with Crippen molar-refractivity contribution in [2.75, 3.05) is 0 Å². The monoisotopic (exact) mass is 345 g/mol. The quantitative estimate of drug-likeness (QED) is 0.432. The maximum absolute atomic E-state index is 12.1. The summed E-state index contributed by atoms with van der Waals surface area (Å²) in [6, 6.07) is 18.8. The number of ketones is 1. The number of aromatic nitrogens is 1. The number of pyridine rings is 1. The summed E-state index contributed by atoms with van der Waals surface area (Å²) in [6.45, 7) is 0. The van der Waals surface area contributed by atoms with Crippen molar-refractivity contribution in [3.05, 3.63) is 106 Å². The van der Waals surface area contributed by atoms with E-state index in [2.05, 4.69) is 4.98 Å². The van der Waals surface area contributed by atoms with E-state index in [-0.39, 0.29) is 5.78 Å². The molecular weight excluding hydrogens is 330 g/mol. The summed E-state index contributed by atoms with van der Waals surface area (Å²) in [4.78, 5) is 16.2. The predicted molar refractivity (Wildman–Crippen MR) is 104 cm³/mol. The van der Waals surface area contributed by atoms with E-state index in [4.69, 9.17) is 11.6 Å². The molecule has 122 valence electrons. The van der Waals surface area contributed by atoms with E-state index in [0.717, 1.165) is 16.7 Å². The number of allylic oxidation sites excluding steroid dienone is 1. The highest BCUT2D eigenvalue weighted by Gasteiger charge is 2.01. The lowest BCUT2D eigenvalue weighted by Gasteiger charge is -1.98. The number of benzene rings is 2. The van der Waals surface area contributed by atoms with Gasteiger partial charge >= 0.3 is 0 Å². The van der Waals surface area contributed by atoms with Crippen molar-refractivity contribution in [3.8, 4) is 0 Å². The van der Waals surface area contributed by atoms with Crippen LogP contribution in [0, 0.1) is 0 Å². The Morgan fingerprint density at radius 2 is 1.56 bits per heavy atom. The van der Waals surface area contributed by atoms with E-state index >= 15 is 0 Å². The van der Waals surface area contributed by atoms with Gasteiger partial charge in [-0.05, 0) is 41.0 Å². The van der Waals surface area contributed by atoms with Crippen LogP contribution in [0.5, 0.6) is 0 Å². The fourth-order valence-electron chi connectivity index (χ4n) is 2.30. The molecule has 0 amide bonds. The Morgan fingerprint density at radius 1 is 0.840 bits per heavy atom. The highest BCUT2D eigenvalue weighted by molar-refractivity contribution is 6.31. The first-order valence-electron chi connectivity index (χ1n) is 7.87. The molecule has 1 heterocycles. The van der Waals surface area contributed by atoms with Crippen LogP contribution in [0.25, 0.3) is 18.2 Å². The van der Waals surface area contributed by atoms with Crippen molar-refractivity contribution < 1.29 is 4.79 Å². The van der Waals surface area contributed by atoms with E-state index in [1.165, 1.54) is 0 Å². The van der Waals surface area contributed by atoms with Crippen LogP contribution < -0.4 is 0 Å². The van der Waals surface area contributed by atoms with Crippen LogP contribution in [-0.2, 0) is 0 Å². The Bertz CT molecular complexity index is 912. The van der Waals surface area contributed by atoms with E-state index in [1.807, 2.05) is 54.7 Å². The molecule has 0 radical (unpaired) electrons. The van der Waals surface area contributed by atoms with Gasteiger partial charge in [-0.3, -0.25) is 9.78 Å². The van der Waals surface area contributed by atoms with Gasteiger partial charge in [0.05, 0.1) is 0 Å². The molecule has 1 aromatic heterocycles. The van der Waals surface area contributed by atoms with Gasteiger partial charge in [-0.15, -0.1) is 0 Å². The maximum Gasteiger partial charge on any atom is 0.185 e. The lowest BCUT2D eigenvalue weighted by Crippen LogP contribution is -1.93. The van der Waals surface area contributed by atoms with Crippen LogP contribution in [0.1, 0.15) is 27.0 Å². The first-order valence-corrected chi connectivity index (χ1v) is 8.25. The molecule has 0 N–H and O–H groups in total. The molecule has 0 unspecified atom stereocenters. The second-order valence-corrected chi connectivity index (χ2v) is 5.93. The van der Waals surface area contributed by atoms with Gasteiger partial charge in [-0.2, -0.15) is 0 Å². The lowest BCUT2D eigenvalue weighted by atomic mass is 10.1. The van der Waals surface area contributed by atoms with Crippen molar-refractivity contribution in [1.29, 1.82) is 0 Å². The Hall–Kier alpha value is -2.97. The number of rotatable bonds is 5. The van der Waals surface area contributed by atoms with Gasteiger partial charge in [-0.25, -0.2) is 0 Å². The van der Waals surface area contributed by atoms with Gasteiger partial charge in [0.15, 0.2) is 5.78 Å². The SMILES string of the molecule is O=C(/C=C/c1ccc(/C=C/c2cccnc2)cc1)c1cccc(Cl)c1. The average Bonchev–Trinajstić information content (AvgIpc) is 2.66. The first kappa shape index (κ1) is 16.9. The number of nitrogens with zero attached hydrogens (tertiary/aromatic N) is 1. The molecule has 0 bridgehead atoms. The highest BCUT2D eigenvalue weighted by atomic mass is 35.5. The molecule has 0 aliphatic rings. The molecule has 3 aromatic rings. The van der Waals surface area contributed by atoms with E-state index < -0.39 is 0 Å². The van der Waals surface area contributed by atoms with Crippen molar-refractivity contribution in [2.24, 2.45) is 0 Å². The van der Waals surface area contributed by atoms with Gasteiger partial charge in [0.2, 0.25) is 0 Å². The van der Waals surface area contributed by atoms with Crippen LogP contribution in [0.15, 0.2) is 79.1 Å². The Labute approximate surface area is 152 Å². The van der Waals surface area contributed by atoms with Crippen molar-refractivity contribution in [3.63, 3.8) is 0 Å². The van der Waals surface area contributed by atoms with Crippen LogP contribution in [0.3, 0.4) is 0 Å². The Kier molecular flexibility index (Phi) is 5.55. The third-order valence-corrected chi connectivity index (χ3v) is 3.86. The smallest absolute Gasteiger partial charge is 0.185 e. The zero-order valence-corrected chi connectivity index (χ0v) is 14.2. The molecule has 3 heteroatoms. The minimum atomic E-state index is -0.0666. The van der Waals surface area contributed by atoms with E-state index in [9.17, 15) is 4.79 Å². The van der Waals surface area contributed by atoms with Crippen LogP contribution in [0.4, 0.5) is 0 Å².